The van der Waals surface area contributed by atoms with E-state index in [-0.39, 0.29) is 4.90 Å². The number of rotatable bonds is 4. The van der Waals surface area contributed by atoms with Gasteiger partial charge in [0.2, 0.25) is 10.0 Å². The normalized spacial score (nSPS) is 17.7. The van der Waals surface area contributed by atoms with Crippen molar-refractivity contribution >= 4 is 44.9 Å². The van der Waals surface area contributed by atoms with E-state index in [1.165, 1.54) is 10.4 Å². The van der Waals surface area contributed by atoms with Gasteiger partial charge in [-0.3, -0.25) is 0 Å². The second kappa shape index (κ2) is 8.06. The van der Waals surface area contributed by atoms with Crippen molar-refractivity contribution in [3.8, 4) is 0 Å². The molecule has 0 saturated carbocycles. The predicted octanol–water partition coefficient (Wildman–Crippen LogP) is 4.23. The maximum atomic E-state index is 12.9. The molecule has 0 spiro atoms. The standard InChI is InChI=1S/C18H19Cl2N3O3S/c1-12-4-7-14(8-5-12)27(25,26)23-10-2-3-17(23)22-18(24)21-16-11-13(19)6-9-15(16)20/h4-9,11,17H,2-3,10H2,1H3,(H2,21,22,24). The lowest BCUT2D eigenvalue weighted by Gasteiger charge is -2.25. The van der Waals surface area contributed by atoms with Gasteiger partial charge in [0.15, 0.2) is 0 Å². The Balaban J connectivity index is 1.73. The SMILES string of the molecule is Cc1ccc(S(=O)(=O)N2CCCC2NC(=O)Nc2cc(Cl)ccc2Cl)cc1. The minimum Gasteiger partial charge on any atom is -0.321 e. The summed E-state index contributed by atoms with van der Waals surface area (Å²) in [5.74, 6) is 0. The van der Waals surface area contributed by atoms with Crippen molar-refractivity contribution in [2.45, 2.75) is 30.8 Å². The van der Waals surface area contributed by atoms with Crippen LogP contribution in [0.15, 0.2) is 47.4 Å². The number of halogens is 2. The molecule has 2 N–H and O–H groups in total. The summed E-state index contributed by atoms with van der Waals surface area (Å²) >= 11 is 12.0. The van der Waals surface area contributed by atoms with Crippen LogP contribution >= 0.6 is 23.2 Å². The smallest absolute Gasteiger partial charge is 0.320 e. The van der Waals surface area contributed by atoms with Gasteiger partial charge in [-0.2, -0.15) is 4.31 Å². The fourth-order valence-corrected chi connectivity index (χ4v) is 4.87. The van der Waals surface area contributed by atoms with Crippen LogP contribution in [0.2, 0.25) is 10.0 Å². The fourth-order valence-electron chi connectivity index (χ4n) is 2.92. The van der Waals surface area contributed by atoms with E-state index in [0.717, 1.165) is 5.56 Å². The predicted molar refractivity (Wildman–Crippen MR) is 107 cm³/mol. The zero-order valence-electron chi connectivity index (χ0n) is 14.6. The van der Waals surface area contributed by atoms with E-state index in [2.05, 4.69) is 10.6 Å². The second-order valence-electron chi connectivity index (χ2n) is 6.31. The fraction of sp³-hybridized carbons (Fsp3) is 0.278. The molecule has 9 heteroatoms. The second-order valence-corrected chi connectivity index (χ2v) is 9.04. The first-order valence-corrected chi connectivity index (χ1v) is 10.6. The Morgan fingerprint density at radius 3 is 2.56 bits per heavy atom. The van der Waals surface area contributed by atoms with Crippen LogP contribution in [0.25, 0.3) is 0 Å². The van der Waals surface area contributed by atoms with E-state index < -0.39 is 22.2 Å². The first-order chi connectivity index (χ1) is 12.8. The molecular formula is C18H19Cl2N3O3S. The van der Waals surface area contributed by atoms with Crippen molar-refractivity contribution in [3.63, 3.8) is 0 Å². The molecule has 0 aliphatic carbocycles. The number of urea groups is 1. The summed E-state index contributed by atoms with van der Waals surface area (Å²) in [5, 5.41) is 6.08. The Hall–Kier alpha value is -1.80. The number of aryl methyl sites for hydroxylation is 1. The first kappa shape index (κ1) is 19.9. The van der Waals surface area contributed by atoms with Crippen molar-refractivity contribution in [3.05, 3.63) is 58.1 Å². The highest BCUT2D eigenvalue weighted by Gasteiger charge is 2.36. The third kappa shape index (κ3) is 4.55. The van der Waals surface area contributed by atoms with Gasteiger partial charge < -0.3 is 10.6 Å². The van der Waals surface area contributed by atoms with Crippen LogP contribution in [0.4, 0.5) is 10.5 Å². The third-order valence-electron chi connectivity index (χ3n) is 4.31. The number of nitrogens with zero attached hydrogens (tertiary/aromatic N) is 1. The molecule has 1 heterocycles. The largest absolute Gasteiger partial charge is 0.321 e. The van der Waals surface area contributed by atoms with E-state index in [4.69, 9.17) is 23.2 Å². The Labute approximate surface area is 168 Å². The van der Waals surface area contributed by atoms with Crippen LogP contribution in [0.1, 0.15) is 18.4 Å². The van der Waals surface area contributed by atoms with E-state index >= 15 is 0 Å². The number of hydrogen-bond donors (Lipinski definition) is 2. The highest BCUT2D eigenvalue weighted by molar-refractivity contribution is 7.89. The number of nitrogens with one attached hydrogen (secondary N) is 2. The monoisotopic (exact) mass is 427 g/mol. The minimum atomic E-state index is -3.69. The molecule has 1 aliphatic heterocycles. The Morgan fingerprint density at radius 1 is 1.15 bits per heavy atom. The van der Waals surface area contributed by atoms with Gasteiger partial charge in [0.1, 0.15) is 0 Å². The molecule has 2 aromatic rings. The number of sulfonamides is 1. The summed E-state index contributed by atoms with van der Waals surface area (Å²) in [4.78, 5) is 12.5. The molecule has 0 bridgehead atoms. The highest BCUT2D eigenvalue weighted by atomic mass is 35.5. The average Bonchev–Trinajstić information content (AvgIpc) is 3.07. The van der Waals surface area contributed by atoms with Crippen molar-refractivity contribution in [2.24, 2.45) is 0 Å². The molecule has 144 valence electrons. The molecule has 1 atom stereocenters. The van der Waals surface area contributed by atoms with Gasteiger partial charge in [0.05, 0.1) is 21.8 Å². The van der Waals surface area contributed by atoms with E-state index in [1.54, 1.807) is 36.4 Å². The quantitative estimate of drug-likeness (QED) is 0.765. The summed E-state index contributed by atoms with van der Waals surface area (Å²) in [6.07, 6.45) is 0.560. The Kier molecular flexibility index (Phi) is 5.95. The van der Waals surface area contributed by atoms with Crippen LogP contribution in [0.5, 0.6) is 0 Å². The maximum absolute atomic E-state index is 12.9. The number of carbonyl (C=O) groups is 1. The summed E-state index contributed by atoms with van der Waals surface area (Å²) in [7, 11) is -3.69. The lowest BCUT2D eigenvalue weighted by molar-refractivity contribution is 0.240. The zero-order valence-corrected chi connectivity index (χ0v) is 16.9. The van der Waals surface area contributed by atoms with Crippen molar-refractivity contribution in [2.75, 3.05) is 11.9 Å². The van der Waals surface area contributed by atoms with Gasteiger partial charge in [-0.15, -0.1) is 0 Å². The van der Waals surface area contributed by atoms with Gasteiger partial charge in [0.25, 0.3) is 0 Å². The molecule has 2 amide bonds. The summed E-state index contributed by atoms with van der Waals surface area (Å²) in [5.41, 5.74) is 1.33. The molecule has 27 heavy (non-hydrogen) atoms. The molecule has 1 aliphatic rings. The molecule has 0 radical (unpaired) electrons. The lowest BCUT2D eigenvalue weighted by atomic mass is 10.2. The van der Waals surface area contributed by atoms with Gasteiger partial charge in [0, 0.05) is 11.6 Å². The van der Waals surface area contributed by atoms with E-state index in [0.29, 0.717) is 35.1 Å². The Morgan fingerprint density at radius 2 is 1.85 bits per heavy atom. The van der Waals surface area contributed by atoms with Gasteiger partial charge in [-0.1, -0.05) is 40.9 Å². The molecular weight excluding hydrogens is 409 g/mol. The number of hydrogen-bond acceptors (Lipinski definition) is 3. The Bertz CT molecular complexity index is 949. The summed E-state index contributed by atoms with van der Waals surface area (Å²) in [6.45, 7) is 2.24. The van der Waals surface area contributed by atoms with Crippen LogP contribution in [-0.4, -0.2) is 31.5 Å². The van der Waals surface area contributed by atoms with Crippen LogP contribution in [0.3, 0.4) is 0 Å². The third-order valence-corrected chi connectivity index (χ3v) is 6.79. The summed E-state index contributed by atoms with van der Waals surface area (Å²) < 4.78 is 27.1. The number of carbonyl (C=O) groups excluding carboxylic acids is 1. The number of amides is 2. The van der Waals surface area contributed by atoms with E-state index in [9.17, 15) is 13.2 Å². The van der Waals surface area contributed by atoms with E-state index in [1.807, 2.05) is 6.92 Å². The molecule has 6 nitrogen and oxygen atoms in total. The molecule has 1 saturated heterocycles. The van der Waals surface area contributed by atoms with Crippen molar-refractivity contribution in [1.82, 2.24) is 9.62 Å². The topological polar surface area (TPSA) is 78.5 Å². The van der Waals surface area contributed by atoms with Gasteiger partial charge in [-0.25, -0.2) is 13.2 Å². The molecule has 1 fully saturated rings. The van der Waals surface area contributed by atoms with Crippen LogP contribution in [-0.2, 0) is 10.0 Å². The van der Waals surface area contributed by atoms with Crippen molar-refractivity contribution < 1.29 is 13.2 Å². The molecule has 3 rings (SSSR count). The maximum Gasteiger partial charge on any atom is 0.320 e. The van der Waals surface area contributed by atoms with Gasteiger partial charge >= 0.3 is 6.03 Å². The number of benzene rings is 2. The lowest BCUT2D eigenvalue weighted by Crippen LogP contribution is -2.48. The summed E-state index contributed by atoms with van der Waals surface area (Å²) in [6, 6.07) is 10.8. The average molecular weight is 428 g/mol. The van der Waals surface area contributed by atoms with Crippen LogP contribution in [0, 0.1) is 6.92 Å². The van der Waals surface area contributed by atoms with Gasteiger partial charge in [-0.05, 0) is 50.1 Å². The molecule has 0 aromatic heterocycles. The first-order valence-electron chi connectivity index (χ1n) is 8.38. The van der Waals surface area contributed by atoms with Crippen LogP contribution < -0.4 is 10.6 Å². The molecule has 1 unspecified atom stereocenters. The molecule has 2 aromatic carbocycles. The number of anilines is 1. The highest BCUT2D eigenvalue weighted by Crippen LogP contribution is 2.27. The minimum absolute atomic E-state index is 0.208. The zero-order chi connectivity index (χ0) is 19.6. The van der Waals surface area contributed by atoms with Crippen molar-refractivity contribution in [1.29, 1.82) is 0 Å².